The van der Waals surface area contributed by atoms with E-state index in [0.717, 1.165) is 5.56 Å². The van der Waals surface area contributed by atoms with Gasteiger partial charge in [-0.1, -0.05) is 6.07 Å². The van der Waals surface area contributed by atoms with Crippen LogP contribution < -0.4 is 5.43 Å². The second-order valence-corrected chi connectivity index (χ2v) is 3.63. The molecule has 1 rings (SSSR count). The van der Waals surface area contributed by atoms with Gasteiger partial charge in [0.25, 0.3) is 5.91 Å². The fourth-order valence-electron chi connectivity index (χ4n) is 1.15. The van der Waals surface area contributed by atoms with Crippen molar-refractivity contribution in [1.29, 1.82) is 0 Å². The smallest absolute Gasteiger partial charge is 0.265 e. The predicted molar refractivity (Wildman–Crippen MR) is 57.1 cm³/mol. The summed E-state index contributed by atoms with van der Waals surface area (Å²) in [6, 6.07) is 5.69. The first kappa shape index (κ1) is 10.7. The second kappa shape index (κ2) is 4.24. The Kier molecular flexibility index (Phi) is 3.25. The van der Waals surface area contributed by atoms with Crippen LogP contribution in [0.25, 0.3) is 0 Å². The number of carbonyl (C=O) groups is 1. The molecule has 1 N–H and O–H groups in total. The van der Waals surface area contributed by atoms with Crippen molar-refractivity contribution in [3.63, 3.8) is 0 Å². The van der Waals surface area contributed by atoms with Crippen LogP contribution in [0.1, 0.15) is 21.5 Å². The van der Waals surface area contributed by atoms with Crippen LogP contribution in [-0.4, -0.2) is 25.0 Å². The summed E-state index contributed by atoms with van der Waals surface area (Å²) >= 11 is 0. The van der Waals surface area contributed by atoms with Gasteiger partial charge in [0, 0.05) is 19.7 Å². The Hall–Kier alpha value is -1.35. The molecule has 1 amide bonds. The lowest BCUT2D eigenvalue weighted by molar-refractivity contribution is 0.0857. The molecule has 0 atom stereocenters. The molecular formula is C11H16N2O. The van der Waals surface area contributed by atoms with Crippen molar-refractivity contribution in [2.45, 2.75) is 13.8 Å². The van der Waals surface area contributed by atoms with E-state index in [1.807, 2.05) is 32.0 Å². The minimum atomic E-state index is -0.0712. The van der Waals surface area contributed by atoms with Crippen molar-refractivity contribution < 1.29 is 4.79 Å². The number of hydrogen-bond donors (Lipinski definition) is 1. The summed E-state index contributed by atoms with van der Waals surface area (Å²) in [4.78, 5) is 11.6. The summed E-state index contributed by atoms with van der Waals surface area (Å²) in [5.74, 6) is -0.0712. The summed E-state index contributed by atoms with van der Waals surface area (Å²) in [5, 5.41) is 1.64. The van der Waals surface area contributed by atoms with E-state index in [-0.39, 0.29) is 5.91 Å². The third-order valence-electron chi connectivity index (χ3n) is 2.09. The molecule has 0 unspecified atom stereocenters. The standard InChI is InChI=1S/C11H16N2O/c1-8-5-6-10(7-9(8)2)11(14)12-13(3)4/h5-7H,1-4H3,(H,12,14). The number of carbonyl (C=O) groups excluding carboxylic acids is 1. The number of hydrazine groups is 1. The Bertz CT molecular complexity index is 345. The molecule has 0 radical (unpaired) electrons. The predicted octanol–water partition coefficient (Wildman–Crippen LogP) is 1.51. The normalized spacial score (nSPS) is 10.4. The van der Waals surface area contributed by atoms with Gasteiger partial charge in [0.05, 0.1) is 0 Å². The van der Waals surface area contributed by atoms with E-state index in [4.69, 9.17) is 0 Å². The Morgan fingerprint density at radius 2 is 1.86 bits per heavy atom. The van der Waals surface area contributed by atoms with Crippen LogP contribution in [0.3, 0.4) is 0 Å². The summed E-state index contributed by atoms with van der Waals surface area (Å²) in [7, 11) is 3.58. The van der Waals surface area contributed by atoms with Crippen molar-refractivity contribution >= 4 is 5.91 Å². The molecule has 0 aliphatic rings. The van der Waals surface area contributed by atoms with Gasteiger partial charge < -0.3 is 0 Å². The summed E-state index contributed by atoms with van der Waals surface area (Å²) in [5.41, 5.74) is 5.73. The van der Waals surface area contributed by atoms with Gasteiger partial charge in [0.1, 0.15) is 0 Å². The first-order chi connectivity index (χ1) is 6.50. The van der Waals surface area contributed by atoms with Gasteiger partial charge in [-0.3, -0.25) is 10.2 Å². The average molecular weight is 192 g/mol. The van der Waals surface area contributed by atoms with Crippen molar-refractivity contribution in [3.05, 3.63) is 34.9 Å². The average Bonchev–Trinajstić information content (AvgIpc) is 2.08. The van der Waals surface area contributed by atoms with Crippen LogP contribution >= 0.6 is 0 Å². The molecule has 0 spiro atoms. The molecular weight excluding hydrogens is 176 g/mol. The van der Waals surface area contributed by atoms with Gasteiger partial charge in [-0.05, 0) is 37.1 Å². The second-order valence-electron chi connectivity index (χ2n) is 3.63. The first-order valence-electron chi connectivity index (χ1n) is 4.56. The zero-order valence-electron chi connectivity index (χ0n) is 9.09. The summed E-state index contributed by atoms with van der Waals surface area (Å²) in [6.45, 7) is 4.03. The SMILES string of the molecule is Cc1ccc(C(=O)NN(C)C)cc1C. The molecule has 0 saturated carbocycles. The quantitative estimate of drug-likeness (QED) is 0.720. The fourth-order valence-corrected chi connectivity index (χ4v) is 1.15. The lowest BCUT2D eigenvalue weighted by Gasteiger charge is -2.12. The molecule has 0 aromatic heterocycles. The van der Waals surface area contributed by atoms with Crippen LogP contribution in [0.2, 0.25) is 0 Å². The van der Waals surface area contributed by atoms with Crippen molar-refractivity contribution in [1.82, 2.24) is 10.4 Å². The van der Waals surface area contributed by atoms with Gasteiger partial charge in [0.15, 0.2) is 0 Å². The Labute approximate surface area is 84.7 Å². The number of nitrogens with one attached hydrogen (secondary N) is 1. The number of rotatable bonds is 2. The molecule has 0 heterocycles. The Morgan fingerprint density at radius 1 is 1.21 bits per heavy atom. The van der Waals surface area contributed by atoms with Crippen LogP contribution in [0.5, 0.6) is 0 Å². The first-order valence-corrected chi connectivity index (χ1v) is 4.56. The van der Waals surface area contributed by atoms with Crippen LogP contribution in [-0.2, 0) is 0 Å². The maximum atomic E-state index is 11.6. The van der Waals surface area contributed by atoms with E-state index < -0.39 is 0 Å². The van der Waals surface area contributed by atoms with E-state index in [1.54, 1.807) is 19.1 Å². The largest absolute Gasteiger partial charge is 0.285 e. The third kappa shape index (κ3) is 2.57. The topological polar surface area (TPSA) is 32.3 Å². The maximum Gasteiger partial charge on any atom is 0.265 e. The highest BCUT2D eigenvalue weighted by molar-refractivity contribution is 5.94. The number of amides is 1. The molecule has 76 valence electrons. The highest BCUT2D eigenvalue weighted by Crippen LogP contribution is 2.09. The van der Waals surface area contributed by atoms with Gasteiger partial charge in [-0.15, -0.1) is 0 Å². The number of aryl methyl sites for hydroxylation is 2. The van der Waals surface area contributed by atoms with Gasteiger partial charge in [-0.25, -0.2) is 5.01 Å². The molecule has 0 bridgehead atoms. The summed E-state index contributed by atoms with van der Waals surface area (Å²) < 4.78 is 0. The Balaban J connectivity index is 2.86. The van der Waals surface area contributed by atoms with E-state index in [9.17, 15) is 4.79 Å². The van der Waals surface area contributed by atoms with Crippen LogP contribution in [0, 0.1) is 13.8 Å². The monoisotopic (exact) mass is 192 g/mol. The van der Waals surface area contributed by atoms with E-state index in [2.05, 4.69) is 5.43 Å². The molecule has 14 heavy (non-hydrogen) atoms. The fraction of sp³-hybridized carbons (Fsp3) is 0.364. The minimum Gasteiger partial charge on any atom is -0.285 e. The molecule has 1 aromatic rings. The number of hydrogen-bond acceptors (Lipinski definition) is 2. The minimum absolute atomic E-state index is 0.0712. The lowest BCUT2D eigenvalue weighted by Crippen LogP contribution is -2.36. The molecule has 0 saturated heterocycles. The molecule has 0 aliphatic heterocycles. The van der Waals surface area contributed by atoms with E-state index in [0.29, 0.717) is 5.56 Å². The van der Waals surface area contributed by atoms with Crippen LogP contribution in [0.15, 0.2) is 18.2 Å². The highest BCUT2D eigenvalue weighted by atomic mass is 16.2. The van der Waals surface area contributed by atoms with Crippen molar-refractivity contribution in [3.8, 4) is 0 Å². The molecule has 0 fully saturated rings. The molecule has 3 nitrogen and oxygen atoms in total. The van der Waals surface area contributed by atoms with Crippen LogP contribution in [0.4, 0.5) is 0 Å². The van der Waals surface area contributed by atoms with Crippen molar-refractivity contribution in [2.75, 3.05) is 14.1 Å². The van der Waals surface area contributed by atoms with Gasteiger partial charge in [-0.2, -0.15) is 0 Å². The van der Waals surface area contributed by atoms with Crippen molar-refractivity contribution in [2.24, 2.45) is 0 Å². The molecule has 3 heteroatoms. The third-order valence-corrected chi connectivity index (χ3v) is 2.09. The zero-order chi connectivity index (χ0) is 10.7. The molecule has 1 aromatic carbocycles. The lowest BCUT2D eigenvalue weighted by atomic mass is 10.1. The number of benzene rings is 1. The maximum absolute atomic E-state index is 11.6. The van der Waals surface area contributed by atoms with Gasteiger partial charge in [0.2, 0.25) is 0 Å². The summed E-state index contributed by atoms with van der Waals surface area (Å²) in [6.07, 6.45) is 0. The van der Waals surface area contributed by atoms with Gasteiger partial charge >= 0.3 is 0 Å². The van der Waals surface area contributed by atoms with E-state index in [1.165, 1.54) is 5.56 Å². The number of nitrogens with zero attached hydrogens (tertiary/aromatic N) is 1. The highest BCUT2D eigenvalue weighted by Gasteiger charge is 2.06. The Morgan fingerprint density at radius 3 is 2.36 bits per heavy atom. The zero-order valence-corrected chi connectivity index (χ0v) is 9.09. The molecule has 0 aliphatic carbocycles. The van der Waals surface area contributed by atoms with E-state index >= 15 is 0 Å².